The van der Waals surface area contributed by atoms with Crippen LogP contribution in [0.1, 0.15) is 17.2 Å². The highest BCUT2D eigenvalue weighted by atomic mass is 35.5. The number of amides is 1. The largest absolute Gasteiger partial charge is 0.497 e. The van der Waals surface area contributed by atoms with E-state index in [9.17, 15) is 4.79 Å². The van der Waals surface area contributed by atoms with Crippen molar-refractivity contribution >= 4 is 23.2 Å². The van der Waals surface area contributed by atoms with Crippen LogP contribution in [0.2, 0.25) is 0 Å². The van der Waals surface area contributed by atoms with Gasteiger partial charge in [-0.15, -0.1) is 11.6 Å². The molecular formula is C20H21ClN2O4. The number of benzene rings is 2. The minimum Gasteiger partial charge on any atom is -0.497 e. The number of para-hydroxylation sites is 1. The van der Waals surface area contributed by atoms with Crippen LogP contribution >= 0.6 is 11.6 Å². The molecule has 2 aromatic carbocycles. The predicted molar refractivity (Wildman–Crippen MR) is 104 cm³/mol. The van der Waals surface area contributed by atoms with Crippen molar-refractivity contribution in [2.24, 2.45) is 0 Å². The summed E-state index contributed by atoms with van der Waals surface area (Å²) in [5, 5.41) is 1.50. The van der Waals surface area contributed by atoms with Crippen molar-refractivity contribution in [3.8, 4) is 17.2 Å². The normalized spacial score (nSPS) is 15.8. The predicted octanol–water partition coefficient (Wildman–Crippen LogP) is 3.38. The van der Waals surface area contributed by atoms with Gasteiger partial charge in [0.15, 0.2) is 11.5 Å². The van der Waals surface area contributed by atoms with E-state index in [0.717, 1.165) is 22.6 Å². The fourth-order valence-corrected chi connectivity index (χ4v) is 3.18. The molecule has 1 aliphatic heterocycles. The lowest BCUT2D eigenvalue weighted by Crippen LogP contribution is -2.40. The summed E-state index contributed by atoms with van der Waals surface area (Å²) in [6.45, 7) is 0. The van der Waals surface area contributed by atoms with Crippen LogP contribution in [0.15, 0.2) is 48.5 Å². The molecular weight excluding hydrogens is 368 g/mol. The smallest absolute Gasteiger partial charge is 0.256 e. The van der Waals surface area contributed by atoms with Crippen LogP contribution in [-0.4, -0.2) is 38.1 Å². The molecule has 6 nitrogen and oxygen atoms in total. The Morgan fingerprint density at radius 3 is 2.41 bits per heavy atom. The molecule has 7 heteroatoms. The number of hydrazine groups is 1. The minimum atomic E-state index is -0.390. The van der Waals surface area contributed by atoms with E-state index in [1.807, 2.05) is 48.5 Å². The second-order valence-corrected chi connectivity index (χ2v) is 6.11. The Morgan fingerprint density at radius 1 is 1.07 bits per heavy atom. The fraction of sp³-hybridized carbons (Fsp3) is 0.250. The van der Waals surface area contributed by atoms with Crippen LogP contribution in [0.4, 0.5) is 0 Å². The number of carbonyl (C=O) groups excluding carboxylic acids is 1. The van der Waals surface area contributed by atoms with E-state index in [-0.39, 0.29) is 11.8 Å². The number of ether oxygens (including phenoxy) is 3. The number of hydrogen-bond acceptors (Lipinski definition) is 5. The monoisotopic (exact) mass is 388 g/mol. The number of nitrogens with zero attached hydrogens (tertiary/aromatic N) is 1. The van der Waals surface area contributed by atoms with Crippen molar-refractivity contribution in [1.82, 2.24) is 10.4 Å². The molecule has 0 radical (unpaired) electrons. The number of nitrogens with one attached hydrogen (secondary N) is 1. The zero-order chi connectivity index (χ0) is 19.4. The Balaban J connectivity index is 2.04. The molecule has 0 fully saturated rings. The van der Waals surface area contributed by atoms with Crippen molar-refractivity contribution in [3.63, 3.8) is 0 Å². The molecule has 1 aliphatic rings. The molecule has 1 N–H and O–H groups in total. The molecule has 142 valence electrons. The molecule has 0 bridgehead atoms. The third-order valence-corrected chi connectivity index (χ3v) is 4.61. The van der Waals surface area contributed by atoms with Gasteiger partial charge in [0.2, 0.25) is 0 Å². The van der Waals surface area contributed by atoms with Crippen LogP contribution in [0, 0.1) is 0 Å². The first-order valence-corrected chi connectivity index (χ1v) is 8.88. The van der Waals surface area contributed by atoms with Gasteiger partial charge in [-0.05, 0) is 42.0 Å². The maximum atomic E-state index is 12.4. The average Bonchev–Trinajstić information content (AvgIpc) is 3.17. The van der Waals surface area contributed by atoms with Gasteiger partial charge in [-0.3, -0.25) is 10.2 Å². The van der Waals surface area contributed by atoms with Crippen LogP contribution in [0.25, 0.3) is 5.70 Å². The highest BCUT2D eigenvalue weighted by Crippen LogP contribution is 2.40. The molecule has 0 saturated heterocycles. The Bertz CT molecular complexity index is 852. The summed E-state index contributed by atoms with van der Waals surface area (Å²) in [6, 6.07) is 12.8. The van der Waals surface area contributed by atoms with Gasteiger partial charge in [-0.2, -0.15) is 0 Å². The van der Waals surface area contributed by atoms with Crippen molar-refractivity contribution in [3.05, 3.63) is 59.7 Å². The molecule has 0 aromatic heterocycles. The van der Waals surface area contributed by atoms with Gasteiger partial charge in [-0.1, -0.05) is 12.1 Å². The van der Waals surface area contributed by atoms with Gasteiger partial charge in [0.1, 0.15) is 17.7 Å². The molecule has 1 heterocycles. The highest BCUT2D eigenvalue weighted by Gasteiger charge is 2.33. The van der Waals surface area contributed by atoms with E-state index in [1.54, 1.807) is 21.3 Å². The molecule has 0 spiro atoms. The number of hydrogen-bond donors (Lipinski definition) is 1. The highest BCUT2D eigenvalue weighted by molar-refractivity contribution is 6.27. The van der Waals surface area contributed by atoms with Gasteiger partial charge >= 0.3 is 0 Å². The quantitative estimate of drug-likeness (QED) is 0.769. The first kappa shape index (κ1) is 18.9. The average molecular weight is 389 g/mol. The third kappa shape index (κ3) is 3.66. The first-order valence-electron chi connectivity index (χ1n) is 8.34. The third-order valence-electron chi connectivity index (χ3n) is 4.38. The van der Waals surface area contributed by atoms with E-state index >= 15 is 0 Å². The maximum absolute atomic E-state index is 12.4. The maximum Gasteiger partial charge on any atom is 0.256 e. The SMILES string of the molecule is COc1ccc(C2=C[C@@H](c3cccc(OC)c3OC)N(C(=O)CCl)N2)cc1. The molecule has 27 heavy (non-hydrogen) atoms. The lowest BCUT2D eigenvalue weighted by molar-refractivity contribution is -0.131. The van der Waals surface area contributed by atoms with Gasteiger partial charge in [0.25, 0.3) is 5.91 Å². The van der Waals surface area contributed by atoms with Crippen LogP contribution in [0.3, 0.4) is 0 Å². The van der Waals surface area contributed by atoms with E-state index in [0.29, 0.717) is 11.5 Å². The summed E-state index contributed by atoms with van der Waals surface area (Å²) in [4.78, 5) is 12.4. The Hall–Kier alpha value is -2.86. The summed E-state index contributed by atoms with van der Waals surface area (Å²) in [6.07, 6.45) is 1.96. The molecule has 1 atom stereocenters. The fourth-order valence-electron chi connectivity index (χ4n) is 3.06. The van der Waals surface area contributed by atoms with Crippen molar-refractivity contribution in [2.45, 2.75) is 6.04 Å². The summed E-state index contributed by atoms with van der Waals surface area (Å²) >= 11 is 5.82. The molecule has 3 rings (SSSR count). The summed E-state index contributed by atoms with van der Waals surface area (Å²) in [7, 11) is 4.77. The summed E-state index contributed by atoms with van der Waals surface area (Å²) in [5.41, 5.74) is 5.67. The molecule has 0 unspecified atom stereocenters. The minimum absolute atomic E-state index is 0.139. The van der Waals surface area contributed by atoms with E-state index in [4.69, 9.17) is 25.8 Å². The van der Waals surface area contributed by atoms with Crippen LogP contribution in [-0.2, 0) is 4.79 Å². The van der Waals surface area contributed by atoms with Gasteiger partial charge in [0.05, 0.1) is 27.0 Å². The number of alkyl halides is 1. The molecule has 1 amide bonds. The topological polar surface area (TPSA) is 60.0 Å². The molecule has 0 saturated carbocycles. The summed E-state index contributed by atoms with van der Waals surface area (Å²) in [5.74, 6) is 1.55. The molecule has 0 aliphatic carbocycles. The zero-order valence-electron chi connectivity index (χ0n) is 15.4. The molecule has 2 aromatic rings. The Labute approximate surface area is 163 Å². The van der Waals surface area contributed by atoms with Crippen molar-refractivity contribution < 1.29 is 19.0 Å². The zero-order valence-corrected chi connectivity index (χ0v) is 16.1. The van der Waals surface area contributed by atoms with Crippen molar-refractivity contribution in [1.29, 1.82) is 0 Å². The van der Waals surface area contributed by atoms with E-state index in [2.05, 4.69) is 5.43 Å². The van der Waals surface area contributed by atoms with Gasteiger partial charge < -0.3 is 14.2 Å². The first-order chi connectivity index (χ1) is 13.1. The number of methoxy groups -OCH3 is 3. The number of carbonyl (C=O) groups is 1. The van der Waals surface area contributed by atoms with Crippen LogP contribution in [0.5, 0.6) is 17.2 Å². The standard InChI is InChI=1S/C20H21ClN2O4/c1-25-14-9-7-13(8-10-14)16-11-17(23(22-16)19(24)12-21)15-5-4-6-18(26-2)20(15)27-3/h4-11,17,22H,12H2,1-3H3/t17-/m0/s1. The van der Waals surface area contributed by atoms with Gasteiger partial charge in [0, 0.05) is 5.56 Å². The summed E-state index contributed by atoms with van der Waals surface area (Å²) < 4.78 is 16.1. The lowest BCUT2D eigenvalue weighted by Gasteiger charge is -2.26. The van der Waals surface area contributed by atoms with Crippen molar-refractivity contribution in [2.75, 3.05) is 27.2 Å². The van der Waals surface area contributed by atoms with Crippen LogP contribution < -0.4 is 19.6 Å². The second kappa shape index (κ2) is 8.22. The lowest BCUT2D eigenvalue weighted by atomic mass is 10.0. The van der Waals surface area contributed by atoms with E-state index < -0.39 is 6.04 Å². The van der Waals surface area contributed by atoms with E-state index in [1.165, 1.54) is 5.01 Å². The number of rotatable bonds is 6. The Kier molecular flexibility index (Phi) is 5.76. The van der Waals surface area contributed by atoms with Gasteiger partial charge in [-0.25, -0.2) is 5.01 Å². The second-order valence-electron chi connectivity index (χ2n) is 5.85. The number of halogens is 1. The Morgan fingerprint density at radius 2 is 1.81 bits per heavy atom.